The molecular formula is C13H20N2O5S. The standard InChI is InChI=1S/C13H20N2O5S/c1-18-11-8-10(9-12(19-2)13(11)20-3)21(16,17)15-6-4-14-5-7-15/h8-9,14H,4-7H2,1-3H3. The Bertz CT molecular complexity index is 572. The van der Waals surface area contributed by atoms with Crippen LogP contribution in [0, 0.1) is 0 Å². The lowest BCUT2D eigenvalue weighted by molar-refractivity contribution is 0.322. The summed E-state index contributed by atoms with van der Waals surface area (Å²) in [5.41, 5.74) is 0. The molecule has 0 amide bonds. The number of sulfonamides is 1. The topological polar surface area (TPSA) is 77.1 Å². The van der Waals surface area contributed by atoms with E-state index in [0.29, 0.717) is 43.4 Å². The molecule has 7 nitrogen and oxygen atoms in total. The number of nitrogens with one attached hydrogen (secondary N) is 1. The molecule has 0 unspecified atom stereocenters. The molecule has 0 aliphatic carbocycles. The Balaban J connectivity index is 2.47. The zero-order valence-electron chi connectivity index (χ0n) is 12.4. The number of methoxy groups -OCH3 is 3. The van der Waals surface area contributed by atoms with Gasteiger partial charge < -0.3 is 19.5 Å². The minimum Gasteiger partial charge on any atom is -0.493 e. The van der Waals surface area contributed by atoms with Gasteiger partial charge in [-0.05, 0) is 0 Å². The first-order valence-corrected chi connectivity index (χ1v) is 7.99. The van der Waals surface area contributed by atoms with Crippen LogP contribution in [0.15, 0.2) is 17.0 Å². The number of nitrogens with zero attached hydrogens (tertiary/aromatic N) is 1. The second-order valence-electron chi connectivity index (χ2n) is 4.52. The van der Waals surface area contributed by atoms with E-state index in [-0.39, 0.29) is 4.90 Å². The molecule has 0 radical (unpaired) electrons. The third-order valence-corrected chi connectivity index (χ3v) is 5.23. The maximum atomic E-state index is 12.7. The van der Waals surface area contributed by atoms with Gasteiger partial charge in [0.1, 0.15) is 0 Å². The van der Waals surface area contributed by atoms with Crippen molar-refractivity contribution in [3.8, 4) is 17.2 Å². The van der Waals surface area contributed by atoms with Gasteiger partial charge >= 0.3 is 0 Å². The SMILES string of the molecule is COc1cc(S(=O)(=O)N2CCNCC2)cc(OC)c1OC. The molecular weight excluding hydrogens is 296 g/mol. The maximum Gasteiger partial charge on any atom is 0.243 e. The molecule has 1 aliphatic rings. The Hall–Kier alpha value is -1.51. The van der Waals surface area contributed by atoms with Gasteiger partial charge in [-0.25, -0.2) is 8.42 Å². The van der Waals surface area contributed by atoms with Gasteiger partial charge in [0, 0.05) is 38.3 Å². The summed E-state index contributed by atoms with van der Waals surface area (Å²) in [6.07, 6.45) is 0. The quantitative estimate of drug-likeness (QED) is 0.842. The Morgan fingerprint density at radius 1 is 1.00 bits per heavy atom. The first-order valence-electron chi connectivity index (χ1n) is 6.55. The predicted molar refractivity (Wildman–Crippen MR) is 77.7 cm³/mol. The first kappa shape index (κ1) is 15.9. The van der Waals surface area contributed by atoms with Crippen molar-refractivity contribution in [2.24, 2.45) is 0 Å². The van der Waals surface area contributed by atoms with Gasteiger partial charge in [0.05, 0.1) is 26.2 Å². The van der Waals surface area contributed by atoms with Crippen molar-refractivity contribution in [2.45, 2.75) is 4.90 Å². The summed E-state index contributed by atoms with van der Waals surface area (Å²) in [5, 5.41) is 3.13. The van der Waals surface area contributed by atoms with E-state index in [9.17, 15) is 8.42 Å². The number of piperazine rings is 1. The average Bonchev–Trinajstić information content (AvgIpc) is 2.54. The number of hydrogen-bond donors (Lipinski definition) is 1. The van der Waals surface area contributed by atoms with E-state index in [2.05, 4.69) is 5.32 Å². The second-order valence-corrected chi connectivity index (χ2v) is 6.45. The number of benzene rings is 1. The molecule has 1 aromatic carbocycles. The van der Waals surface area contributed by atoms with Crippen molar-refractivity contribution in [3.63, 3.8) is 0 Å². The minimum atomic E-state index is -3.57. The Kier molecular flexibility index (Phi) is 4.92. The average molecular weight is 316 g/mol. The molecule has 1 saturated heterocycles. The second kappa shape index (κ2) is 6.50. The summed E-state index contributed by atoms with van der Waals surface area (Å²) in [7, 11) is 0.816. The van der Waals surface area contributed by atoms with Crippen LogP contribution in [0.3, 0.4) is 0 Å². The van der Waals surface area contributed by atoms with Crippen LogP contribution in [-0.2, 0) is 10.0 Å². The van der Waals surface area contributed by atoms with Crippen LogP contribution in [0.2, 0.25) is 0 Å². The van der Waals surface area contributed by atoms with Crippen LogP contribution in [0.1, 0.15) is 0 Å². The molecule has 1 aromatic rings. The highest BCUT2D eigenvalue weighted by Crippen LogP contribution is 2.40. The number of hydrogen-bond acceptors (Lipinski definition) is 6. The lowest BCUT2D eigenvalue weighted by atomic mass is 10.3. The van der Waals surface area contributed by atoms with Crippen LogP contribution in [0.25, 0.3) is 0 Å². The molecule has 0 aromatic heterocycles. The van der Waals surface area contributed by atoms with Crippen LogP contribution in [0.5, 0.6) is 17.2 Å². The molecule has 118 valence electrons. The highest BCUT2D eigenvalue weighted by molar-refractivity contribution is 7.89. The van der Waals surface area contributed by atoms with Crippen molar-refractivity contribution in [1.82, 2.24) is 9.62 Å². The van der Waals surface area contributed by atoms with Gasteiger partial charge in [-0.3, -0.25) is 0 Å². The third kappa shape index (κ3) is 3.07. The zero-order chi connectivity index (χ0) is 15.5. The molecule has 8 heteroatoms. The molecule has 0 atom stereocenters. The molecule has 2 rings (SSSR count). The molecule has 0 saturated carbocycles. The highest BCUT2D eigenvalue weighted by Gasteiger charge is 2.28. The third-order valence-electron chi connectivity index (χ3n) is 3.35. The van der Waals surface area contributed by atoms with Crippen LogP contribution >= 0.6 is 0 Å². The largest absolute Gasteiger partial charge is 0.493 e. The van der Waals surface area contributed by atoms with Crippen molar-refractivity contribution in [3.05, 3.63) is 12.1 Å². The van der Waals surface area contributed by atoms with Gasteiger partial charge in [0.15, 0.2) is 11.5 Å². The summed E-state index contributed by atoms with van der Waals surface area (Å²) in [6, 6.07) is 2.91. The number of rotatable bonds is 5. The Morgan fingerprint density at radius 2 is 1.52 bits per heavy atom. The molecule has 21 heavy (non-hydrogen) atoms. The molecule has 1 heterocycles. The summed E-state index contributed by atoms with van der Waals surface area (Å²) < 4.78 is 42.4. The summed E-state index contributed by atoms with van der Waals surface area (Å²) in [4.78, 5) is 0.138. The Morgan fingerprint density at radius 3 is 1.95 bits per heavy atom. The van der Waals surface area contributed by atoms with Crippen molar-refractivity contribution in [2.75, 3.05) is 47.5 Å². The summed E-state index contributed by atoms with van der Waals surface area (Å²) in [5.74, 6) is 1.02. The summed E-state index contributed by atoms with van der Waals surface area (Å²) in [6.45, 7) is 2.17. The van der Waals surface area contributed by atoms with Crippen molar-refractivity contribution >= 4 is 10.0 Å². The van der Waals surface area contributed by atoms with E-state index in [0.717, 1.165) is 0 Å². The first-order chi connectivity index (χ1) is 10.0. The van der Waals surface area contributed by atoms with Gasteiger partial charge in [0.25, 0.3) is 0 Å². The fourth-order valence-electron chi connectivity index (χ4n) is 2.24. The van der Waals surface area contributed by atoms with E-state index >= 15 is 0 Å². The van der Waals surface area contributed by atoms with Crippen LogP contribution < -0.4 is 19.5 Å². The summed E-state index contributed by atoms with van der Waals surface area (Å²) >= 11 is 0. The van der Waals surface area contributed by atoms with Gasteiger partial charge in [-0.2, -0.15) is 4.31 Å². The van der Waals surface area contributed by atoms with Crippen molar-refractivity contribution in [1.29, 1.82) is 0 Å². The van der Waals surface area contributed by atoms with Crippen molar-refractivity contribution < 1.29 is 22.6 Å². The fourth-order valence-corrected chi connectivity index (χ4v) is 3.71. The Labute approximate surface area is 124 Å². The van der Waals surface area contributed by atoms with E-state index in [4.69, 9.17) is 14.2 Å². The maximum absolute atomic E-state index is 12.7. The lowest BCUT2D eigenvalue weighted by Gasteiger charge is -2.27. The van der Waals surface area contributed by atoms with Gasteiger partial charge in [0.2, 0.25) is 15.8 Å². The lowest BCUT2D eigenvalue weighted by Crippen LogP contribution is -2.46. The minimum absolute atomic E-state index is 0.138. The monoisotopic (exact) mass is 316 g/mol. The van der Waals surface area contributed by atoms with Crippen LogP contribution in [-0.4, -0.2) is 60.2 Å². The van der Waals surface area contributed by atoms with E-state index < -0.39 is 10.0 Å². The molecule has 0 spiro atoms. The normalized spacial score (nSPS) is 16.5. The van der Waals surface area contributed by atoms with E-state index in [1.54, 1.807) is 0 Å². The van der Waals surface area contributed by atoms with E-state index in [1.807, 2.05) is 0 Å². The molecule has 1 fully saturated rings. The number of ether oxygens (including phenoxy) is 3. The van der Waals surface area contributed by atoms with Gasteiger partial charge in [-0.1, -0.05) is 0 Å². The smallest absolute Gasteiger partial charge is 0.243 e. The molecule has 0 bridgehead atoms. The zero-order valence-corrected chi connectivity index (χ0v) is 13.2. The fraction of sp³-hybridized carbons (Fsp3) is 0.538. The predicted octanol–water partition coefficient (Wildman–Crippen LogP) is 0.306. The molecule has 1 N–H and O–H groups in total. The van der Waals surface area contributed by atoms with Crippen LogP contribution in [0.4, 0.5) is 0 Å². The van der Waals surface area contributed by atoms with E-state index in [1.165, 1.54) is 37.8 Å². The molecule has 1 aliphatic heterocycles. The highest BCUT2D eigenvalue weighted by atomic mass is 32.2. The van der Waals surface area contributed by atoms with Gasteiger partial charge in [-0.15, -0.1) is 0 Å².